The zero-order valence-electron chi connectivity index (χ0n) is 8.06. The highest BCUT2D eigenvalue weighted by Gasteiger charge is 1.98. The highest BCUT2D eigenvalue weighted by molar-refractivity contribution is 7.98. The van der Waals surface area contributed by atoms with Crippen molar-refractivity contribution in [2.24, 2.45) is 0 Å². The molecule has 0 spiro atoms. The van der Waals surface area contributed by atoms with Gasteiger partial charge < -0.3 is 5.32 Å². The van der Waals surface area contributed by atoms with Crippen molar-refractivity contribution in [2.45, 2.75) is 32.6 Å². The van der Waals surface area contributed by atoms with Crippen molar-refractivity contribution < 1.29 is 4.79 Å². The Kier molecular flexibility index (Phi) is 8.78. The van der Waals surface area contributed by atoms with Crippen LogP contribution in [-0.2, 0) is 4.79 Å². The van der Waals surface area contributed by atoms with Crippen molar-refractivity contribution in [3.05, 3.63) is 0 Å². The third-order valence-electron chi connectivity index (χ3n) is 1.60. The first-order valence-corrected chi connectivity index (χ1v) is 5.96. The molecule has 0 bridgehead atoms. The summed E-state index contributed by atoms with van der Waals surface area (Å²) in [4.78, 5) is 11.1. The molecule has 0 aliphatic rings. The van der Waals surface area contributed by atoms with Crippen molar-refractivity contribution in [3.8, 4) is 0 Å². The van der Waals surface area contributed by atoms with E-state index in [9.17, 15) is 4.79 Å². The molecule has 0 aromatic rings. The lowest BCUT2D eigenvalue weighted by Crippen LogP contribution is -2.23. The fraction of sp³-hybridized carbons (Fsp3) is 0.889. The Labute approximate surface area is 79.5 Å². The van der Waals surface area contributed by atoms with Gasteiger partial charge in [-0.3, -0.25) is 4.79 Å². The van der Waals surface area contributed by atoms with Crippen LogP contribution in [0.25, 0.3) is 0 Å². The summed E-state index contributed by atoms with van der Waals surface area (Å²) in [5.74, 6) is 1.29. The summed E-state index contributed by atoms with van der Waals surface area (Å²) < 4.78 is 0. The third kappa shape index (κ3) is 7.92. The second-order valence-corrected chi connectivity index (χ2v) is 3.79. The molecule has 0 heterocycles. The average molecular weight is 189 g/mol. The molecule has 0 saturated carbocycles. The molecular weight excluding hydrogens is 170 g/mol. The molecule has 0 aliphatic carbocycles. The van der Waals surface area contributed by atoms with E-state index < -0.39 is 0 Å². The van der Waals surface area contributed by atoms with Gasteiger partial charge in [-0.2, -0.15) is 11.8 Å². The van der Waals surface area contributed by atoms with E-state index in [1.807, 2.05) is 0 Å². The zero-order valence-corrected chi connectivity index (χ0v) is 8.88. The molecule has 72 valence electrons. The largest absolute Gasteiger partial charge is 0.356 e. The first-order chi connectivity index (χ1) is 5.81. The molecule has 0 fully saturated rings. The molecule has 0 unspecified atom stereocenters. The van der Waals surface area contributed by atoms with Crippen molar-refractivity contribution in [1.82, 2.24) is 5.32 Å². The number of hydrogen-bond donors (Lipinski definition) is 1. The van der Waals surface area contributed by atoms with Crippen LogP contribution >= 0.6 is 11.8 Å². The van der Waals surface area contributed by atoms with Crippen LogP contribution in [0.3, 0.4) is 0 Å². The Bertz CT molecular complexity index is 105. The molecular formula is C9H19NOS. The van der Waals surface area contributed by atoms with Crippen molar-refractivity contribution in [3.63, 3.8) is 0 Å². The number of carbonyl (C=O) groups is 1. The molecule has 0 atom stereocenters. The predicted molar refractivity (Wildman–Crippen MR) is 55.5 cm³/mol. The van der Waals surface area contributed by atoms with Crippen LogP contribution in [0.1, 0.15) is 32.6 Å². The molecule has 12 heavy (non-hydrogen) atoms. The normalized spacial score (nSPS) is 9.83. The minimum atomic E-state index is 0.206. The molecule has 0 aromatic heterocycles. The van der Waals surface area contributed by atoms with Gasteiger partial charge in [0.2, 0.25) is 5.91 Å². The van der Waals surface area contributed by atoms with Gasteiger partial charge in [-0.15, -0.1) is 0 Å². The average Bonchev–Trinajstić information content (AvgIpc) is 2.06. The maximum Gasteiger partial charge on any atom is 0.220 e. The van der Waals surface area contributed by atoms with Crippen LogP contribution in [-0.4, -0.2) is 24.5 Å². The van der Waals surface area contributed by atoms with Gasteiger partial charge in [0.05, 0.1) is 0 Å². The summed E-state index contributed by atoms with van der Waals surface area (Å²) in [6.07, 6.45) is 5.98. The highest BCUT2D eigenvalue weighted by atomic mass is 32.2. The van der Waals surface area contributed by atoms with E-state index in [4.69, 9.17) is 0 Å². The molecule has 0 rings (SSSR count). The van der Waals surface area contributed by atoms with Gasteiger partial charge >= 0.3 is 0 Å². The standard InChI is InChI=1S/C9H19NOS/c1-3-4-7-10-9(11)6-5-8-12-2/h3-8H2,1-2H3,(H,10,11). The van der Waals surface area contributed by atoms with E-state index in [0.29, 0.717) is 6.42 Å². The predicted octanol–water partition coefficient (Wildman–Crippen LogP) is 2.05. The summed E-state index contributed by atoms with van der Waals surface area (Å²) in [5, 5.41) is 2.89. The van der Waals surface area contributed by atoms with E-state index in [2.05, 4.69) is 18.5 Å². The maximum absolute atomic E-state index is 11.1. The van der Waals surface area contributed by atoms with Crippen LogP contribution in [0.4, 0.5) is 0 Å². The highest BCUT2D eigenvalue weighted by Crippen LogP contribution is 1.98. The second kappa shape index (κ2) is 8.91. The molecule has 0 aliphatic heterocycles. The van der Waals surface area contributed by atoms with Gasteiger partial charge in [0.15, 0.2) is 0 Å². The topological polar surface area (TPSA) is 29.1 Å². The summed E-state index contributed by atoms with van der Waals surface area (Å²) in [6, 6.07) is 0. The van der Waals surface area contributed by atoms with Crippen LogP contribution in [0, 0.1) is 0 Å². The Balaban J connectivity index is 3.10. The molecule has 0 aromatic carbocycles. The number of nitrogens with one attached hydrogen (secondary N) is 1. The minimum absolute atomic E-state index is 0.206. The number of unbranched alkanes of at least 4 members (excludes halogenated alkanes) is 1. The van der Waals surface area contributed by atoms with Gasteiger partial charge in [-0.1, -0.05) is 13.3 Å². The summed E-state index contributed by atoms with van der Waals surface area (Å²) in [5.41, 5.74) is 0. The lowest BCUT2D eigenvalue weighted by molar-refractivity contribution is -0.121. The monoisotopic (exact) mass is 189 g/mol. The van der Waals surface area contributed by atoms with Crippen LogP contribution < -0.4 is 5.32 Å². The van der Waals surface area contributed by atoms with E-state index in [1.165, 1.54) is 0 Å². The van der Waals surface area contributed by atoms with E-state index in [0.717, 1.165) is 31.6 Å². The van der Waals surface area contributed by atoms with Crippen LogP contribution in [0.5, 0.6) is 0 Å². The molecule has 0 radical (unpaired) electrons. The molecule has 0 saturated heterocycles. The number of amides is 1. The number of rotatable bonds is 7. The first kappa shape index (κ1) is 11.8. The maximum atomic E-state index is 11.1. The SMILES string of the molecule is CCCCNC(=O)CCCSC. The lowest BCUT2D eigenvalue weighted by Gasteiger charge is -2.02. The van der Waals surface area contributed by atoms with Gasteiger partial charge in [-0.25, -0.2) is 0 Å². The molecule has 1 N–H and O–H groups in total. The van der Waals surface area contributed by atoms with Gasteiger partial charge in [0.25, 0.3) is 0 Å². The molecule has 3 heteroatoms. The van der Waals surface area contributed by atoms with Crippen LogP contribution in [0.15, 0.2) is 0 Å². The van der Waals surface area contributed by atoms with Gasteiger partial charge in [-0.05, 0) is 24.9 Å². The second-order valence-electron chi connectivity index (χ2n) is 2.80. The Morgan fingerprint density at radius 1 is 1.42 bits per heavy atom. The fourth-order valence-electron chi connectivity index (χ4n) is 0.870. The first-order valence-electron chi connectivity index (χ1n) is 4.57. The van der Waals surface area contributed by atoms with E-state index in [-0.39, 0.29) is 5.91 Å². The Morgan fingerprint density at radius 2 is 2.17 bits per heavy atom. The van der Waals surface area contributed by atoms with E-state index in [1.54, 1.807) is 11.8 Å². The van der Waals surface area contributed by atoms with Gasteiger partial charge in [0, 0.05) is 13.0 Å². The fourth-order valence-corrected chi connectivity index (χ4v) is 1.30. The smallest absolute Gasteiger partial charge is 0.220 e. The Morgan fingerprint density at radius 3 is 2.75 bits per heavy atom. The van der Waals surface area contributed by atoms with Crippen LogP contribution in [0.2, 0.25) is 0 Å². The minimum Gasteiger partial charge on any atom is -0.356 e. The summed E-state index contributed by atoms with van der Waals surface area (Å²) in [6.45, 7) is 2.97. The molecule has 1 amide bonds. The quantitative estimate of drug-likeness (QED) is 0.621. The number of carbonyl (C=O) groups excluding carboxylic acids is 1. The van der Waals surface area contributed by atoms with Gasteiger partial charge in [0.1, 0.15) is 0 Å². The summed E-state index contributed by atoms with van der Waals surface area (Å²) >= 11 is 1.79. The lowest BCUT2D eigenvalue weighted by atomic mass is 10.3. The number of hydrogen-bond acceptors (Lipinski definition) is 2. The van der Waals surface area contributed by atoms with Crippen molar-refractivity contribution in [2.75, 3.05) is 18.6 Å². The summed E-state index contributed by atoms with van der Waals surface area (Å²) in [7, 11) is 0. The third-order valence-corrected chi connectivity index (χ3v) is 2.30. The van der Waals surface area contributed by atoms with E-state index >= 15 is 0 Å². The number of thioether (sulfide) groups is 1. The van der Waals surface area contributed by atoms with Crippen molar-refractivity contribution >= 4 is 17.7 Å². The zero-order chi connectivity index (χ0) is 9.23. The Hall–Kier alpha value is -0.180. The van der Waals surface area contributed by atoms with Crippen molar-refractivity contribution in [1.29, 1.82) is 0 Å². The molecule has 2 nitrogen and oxygen atoms in total.